The molecule has 0 spiro atoms. The number of carbonyl (C=O) groups is 1. The van der Waals surface area contributed by atoms with E-state index >= 15 is 0 Å². The average molecular weight is 349 g/mol. The maximum absolute atomic E-state index is 12.6. The molecule has 8 heteroatoms. The zero-order valence-corrected chi connectivity index (χ0v) is 12.7. The molecule has 0 N–H and O–H groups in total. The highest BCUT2D eigenvalue weighted by molar-refractivity contribution is 5.72. The maximum atomic E-state index is 12.6. The fraction of sp³-hybridized carbons (Fsp3) is 0.500. The summed E-state index contributed by atoms with van der Waals surface area (Å²) < 4.78 is 66.1. The highest BCUT2D eigenvalue weighted by atomic mass is 19.4. The Kier molecular flexibility index (Phi) is 7.14. The van der Waals surface area contributed by atoms with Crippen LogP contribution in [-0.2, 0) is 4.79 Å². The quantitative estimate of drug-likeness (QED) is 0.287. The second kappa shape index (κ2) is 8.62. The van der Waals surface area contributed by atoms with Crippen molar-refractivity contribution >= 4 is 5.97 Å². The number of rotatable bonds is 8. The van der Waals surface area contributed by atoms with Crippen LogP contribution in [0.2, 0.25) is 0 Å². The predicted molar refractivity (Wildman–Crippen MR) is 75.5 cm³/mol. The third-order valence-corrected chi connectivity index (χ3v) is 3.25. The van der Waals surface area contributed by atoms with Crippen molar-refractivity contribution in [3.05, 3.63) is 29.8 Å². The van der Waals surface area contributed by atoms with Crippen molar-refractivity contribution in [2.45, 2.75) is 50.6 Å². The summed E-state index contributed by atoms with van der Waals surface area (Å²) in [5.41, 5.74) is 0.422. The Hall–Kier alpha value is -2.17. The number of nitriles is 1. The summed E-state index contributed by atoms with van der Waals surface area (Å²) in [6.07, 6.45) is -6.12. The van der Waals surface area contributed by atoms with Crippen LogP contribution in [0.1, 0.15) is 44.1 Å². The molecular weight excluding hydrogens is 333 g/mol. The molecule has 0 amide bonds. The molecule has 0 heterocycles. The van der Waals surface area contributed by atoms with Crippen LogP contribution in [0.25, 0.3) is 0 Å². The minimum absolute atomic E-state index is 0.0374. The molecule has 0 saturated heterocycles. The topological polar surface area (TPSA) is 50.1 Å². The van der Waals surface area contributed by atoms with Crippen LogP contribution in [0.5, 0.6) is 5.75 Å². The Morgan fingerprint density at radius 3 is 2.12 bits per heavy atom. The number of esters is 1. The molecule has 1 aromatic carbocycles. The number of alkyl halides is 5. The van der Waals surface area contributed by atoms with Gasteiger partial charge in [0.25, 0.3) is 0 Å². The lowest BCUT2D eigenvalue weighted by atomic mass is 10.1. The molecule has 3 nitrogen and oxygen atoms in total. The minimum Gasteiger partial charge on any atom is -0.427 e. The third-order valence-electron chi connectivity index (χ3n) is 3.25. The van der Waals surface area contributed by atoms with Crippen LogP contribution in [0.15, 0.2) is 24.3 Å². The van der Waals surface area contributed by atoms with Crippen LogP contribution in [0.4, 0.5) is 22.0 Å². The number of hydrogen-bond donors (Lipinski definition) is 0. The summed E-state index contributed by atoms with van der Waals surface area (Å²) in [6.45, 7) is 0. The second-order valence-electron chi connectivity index (χ2n) is 5.23. The van der Waals surface area contributed by atoms with Gasteiger partial charge in [-0.15, -0.1) is 0 Å². The number of benzene rings is 1. The summed E-state index contributed by atoms with van der Waals surface area (Å²) in [5, 5.41) is 8.63. The Balaban J connectivity index is 2.19. The van der Waals surface area contributed by atoms with Crippen LogP contribution in [-0.4, -0.2) is 18.1 Å². The molecule has 24 heavy (non-hydrogen) atoms. The molecule has 0 aliphatic rings. The number of carbonyl (C=O) groups excluding carboxylic acids is 1. The fourth-order valence-corrected chi connectivity index (χ4v) is 1.89. The van der Waals surface area contributed by atoms with Crippen molar-refractivity contribution in [1.29, 1.82) is 5.26 Å². The van der Waals surface area contributed by atoms with Gasteiger partial charge in [-0.25, -0.2) is 0 Å². The van der Waals surface area contributed by atoms with E-state index in [1.54, 1.807) is 0 Å². The van der Waals surface area contributed by atoms with Gasteiger partial charge in [0.2, 0.25) is 0 Å². The summed E-state index contributed by atoms with van der Waals surface area (Å²) in [5.74, 6) is -4.91. The summed E-state index contributed by atoms with van der Waals surface area (Å²) >= 11 is 0. The second-order valence-corrected chi connectivity index (χ2v) is 5.23. The lowest BCUT2D eigenvalue weighted by Gasteiger charge is -2.19. The Bertz CT molecular complexity index is 576. The molecule has 0 radical (unpaired) electrons. The number of ether oxygens (including phenoxy) is 1. The number of hydrogen-bond acceptors (Lipinski definition) is 3. The molecule has 0 fully saturated rings. The average Bonchev–Trinajstić information content (AvgIpc) is 2.50. The Morgan fingerprint density at radius 2 is 1.58 bits per heavy atom. The first-order chi connectivity index (χ1) is 11.2. The highest BCUT2D eigenvalue weighted by Gasteiger charge is 2.56. The van der Waals surface area contributed by atoms with Gasteiger partial charge < -0.3 is 4.74 Å². The van der Waals surface area contributed by atoms with Crippen molar-refractivity contribution in [3.8, 4) is 11.8 Å². The number of nitrogens with zero attached hydrogens (tertiary/aromatic N) is 1. The van der Waals surface area contributed by atoms with Gasteiger partial charge in [-0.1, -0.05) is 12.8 Å². The van der Waals surface area contributed by atoms with Crippen molar-refractivity contribution in [3.63, 3.8) is 0 Å². The molecular formula is C16H16F5NO2. The van der Waals surface area contributed by atoms with Gasteiger partial charge in [0.05, 0.1) is 11.6 Å². The van der Waals surface area contributed by atoms with E-state index in [2.05, 4.69) is 0 Å². The first-order valence-electron chi connectivity index (χ1n) is 7.31. The van der Waals surface area contributed by atoms with E-state index in [9.17, 15) is 26.7 Å². The van der Waals surface area contributed by atoms with Crippen LogP contribution >= 0.6 is 0 Å². The molecule has 0 atom stereocenters. The van der Waals surface area contributed by atoms with Gasteiger partial charge >= 0.3 is 18.1 Å². The maximum Gasteiger partial charge on any atom is 0.453 e. The molecule has 0 unspecified atom stereocenters. The van der Waals surface area contributed by atoms with Crippen molar-refractivity contribution in [2.75, 3.05) is 0 Å². The lowest BCUT2D eigenvalue weighted by molar-refractivity contribution is -0.284. The molecule has 1 aromatic rings. The highest BCUT2D eigenvalue weighted by Crippen LogP contribution is 2.39. The molecule has 0 bridgehead atoms. The predicted octanol–water partition coefficient (Wildman–Crippen LogP) is 5.00. The molecule has 0 saturated carbocycles. The van der Waals surface area contributed by atoms with Gasteiger partial charge in [-0.3, -0.25) is 4.79 Å². The van der Waals surface area contributed by atoms with Gasteiger partial charge in [0.15, 0.2) is 0 Å². The first-order valence-corrected chi connectivity index (χ1v) is 7.31. The van der Waals surface area contributed by atoms with Crippen molar-refractivity contribution in [1.82, 2.24) is 0 Å². The first kappa shape index (κ1) is 19.9. The smallest absolute Gasteiger partial charge is 0.427 e. The van der Waals surface area contributed by atoms with E-state index in [1.165, 1.54) is 24.3 Å². The minimum atomic E-state index is -5.52. The van der Waals surface area contributed by atoms with E-state index in [0.29, 0.717) is 18.4 Å². The van der Waals surface area contributed by atoms with Gasteiger partial charge in [-0.05, 0) is 37.1 Å². The zero-order valence-electron chi connectivity index (χ0n) is 12.7. The van der Waals surface area contributed by atoms with Gasteiger partial charge in [0, 0.05) is 12.8 Å². The molecule has 0 aliphatic carbocycles. The lowest BCUT2D eigenvalue weighted by Crippen LogP contribution is -2.36. The van der Waals surface area contributed by atoms with Crippen LogP contribution in [0.3, 0.4) is 0 Å². The summed E-state index contributed by atoms with van der Waals surface area (Å²) in [4.78, 5) is 11.5. The van der Waals surface area contributed by atoms with Crippen molar-refractivity contribution in [2.24, 2.45) is 0 Å². The van der Waals surface area contributed by atoms with E-state index in [1.807, 2.05) is 6.07 Å². The normalized spacial score (nSPS) is 11.8. The van der Waals surface area contributed by atoms with Crippen molar-refractivity contribution < 1.29 is 31.5 Å². The summed E-state index contributed by atoms with van der Waals surface area (Å²) in [6, 6.07) is 7.83. The SMILES string of the molecule is N#Cc1ccc(OC(=O)CCCCCCC(F)(F)C(F)(F)F)cc1. The van der Waals surface area contributed by atoms with E-state index < -0.39 is 24.5 Å². The number of halogens is 5. The van der Waals surface area contributed by atoms with Crippen LogP contribution in [0, 0.1) is 11.3 Å². The van der Waals surface area contributed by atoms with E-state index in [-0.39, 0.29) is 25.0 Å². The Morgan fingerprint density at radius 1 is 1.00 bits per heavy atom. The summed E-state index contributed by atoms with van der Waals surface area (Å²) in [7, 11) is 0. The molecule has 1 rings (SSSR count). The van der Waals surface area contributed by atoms with E-state index in [0.717, 1.165) is 0 Å². The largest absolute Gasteiger partial charge is 0.453 e. The standard InChI is InChI=1S/C16H16F5NO2/c17-15(18,16(19,20)21)10-4-2-1-3-5-14(23)24-13-8-6-12(11-22)7-9-13/h6-9H,1-5,10H2. The third kappa shape index (κ3) is 6.52. The van der Waals surface area contributed by atoms with Crippen LogP contribution < -0.4 is 4.74 Å². The number of unbranched alkanes of at least 4 members (excludes halogenated alkanes) is 3. The van der Waals surface area contributed by atoms with Gasteiger partial charge in [-0.2, -0.15) is 27.2 Å². The van der Waals surface area contributed by atoms with E-state index in [4.69, 9.17) is 10.00 Å². The van der Waals surface area contributed by atoms with Gasteiger partial charge in [0.1, 0.15) is 5.75 Å². The Labute approximate surface area is 136 Å². The monoisotopic (exact) mass is 349 g/mol. The molecule has 132 valence electrons. The fourth-order valence-electron chi connectivity index (χ4n) is 1.89. The molecule has 0 aliphatic heterocycles. The zero-order chi connectivity index (χ0) is 18.2. The molecule has 0 aromatic heterocycles.